The molecule has 254 valence electrons. The molecule has 47 heavy (non-hydrogen) atoms. The van der Waals surface area contributed by atoms with Gasteiger partial charge in [0.05, 0.1) is 47.4 Å². The number of hydrogen-bond donors (Lipinski definition) is 0. The summed E-state index contributed by atoms with van der Waals surface area (Å²) in [6.45, 7) is 14.5. The van der Waals surface area contributed by atoms with Gasteiger partial charge >= 0.3 is 0 Å². The van der Waals surface area contributed by atoms with Gasteiger partial charge in [-0.2, -0.15) is 0 Å². The Morgan fingerprint density at radius 2 is 1.21 bits per heavy atom. The van der Waals surface area contributed by atoms with E-state index in [0.29, 0.717) is 34.8 Å². The maximum absolute atomic E-state index is 11.9. The fourth-order valence-corrected chi connectivity index (χ4v) is 10.6. The number of carbonyl (C=O) groups excluding carboxylic acids is 2. The maximum atomic E-state index is 11.9. The van der Waals surface area contributed by atoms with E-state index >= 15 is 0 Å². The summed E-state index contributed by atoms with van der Waals surface area (Å²) in [4.78, 5) is 31.5. The van der Waals surface area contributed by atoms with Gasteiger partial charge in [0.2, 0.25) is 0 Å². The fraction of sp³-hybridized carbons (Fsp3) is 0.526. The number of rotatable bonds is 19. The Bertz CT molecular complexity index is 1640. The molecule has 3 unspecified atom stereocenters. The quantitative estimate of drug-likeness (QED) is 0.0906. The molecule has 1 aliphatic rings. The molecule has 9 heteroatoms. The lowest BCUT2D eigenvalue weighted by atomic mass is 9.90. The van der Waals surface area contributed by atoms with Crippen molar-refractivity contribution < 1.29 is 23.8 Å². The molecular weight excluding hydrogens is 665 g/mol. The van der Waals surface area contributed by atoms with Crippen LogP contribution in [0.2, 0.25) is 0 Å². The smallest absolute Gasteiger partial charge is 0.160 e. The van der Waals surface area contributed by atoms with E-state index in [1.54, 1.807) is 22.7 Å². The molecule has 0 N–H and O–H groups in total. The van der Waals surface area contributed by atoms with Gasteiger partial charge in [0, 0.05) is 28.6 Å². The van der Waals surface area contributed by atoms with Gasteiger partial charge < -0.3 is 14.2 Å². The van der Waals surface area contributed by atoms with Crippen LogP contribution >= 0.6 is 45.3 Å². The summed E-state index contributed by atoms with van der Waals surface area (Å²) in [6, 6.07) is 8.16. The maximum Gasteiger partial charge on any atom is 0.160 e. The van der Waals surface area contributed by atoms with Crippen molar-refractivity contribution in [2.24, 2.45) is 11.8 Å². The van der Waals surface area contributed by atoms with Crippen LogP contribution in [-0.4, -0.2) is 25.8 Å². The average Bonchev–Trinajstić information content (AvgIpc) is 3.89. The van der Waals surface area contributed by atoms with E-state index in [4.69, 9.17) is 14.2 Å². The van der Waals surface area contributed by atoms with Crippen LogP contribution < -0.4 is 14.2 Å². The summed E-state index contributed by atoms with van der Waals surface area (Å²) in [5.41, 5.74) is 0.672. The lowest BCUT2D eigenvalue weighted by Crippen LogP contribution is -2.30. The molecule has 0 radical (unpaired) electrons. The van der Waals surface area contributed by atoms with Crippen molar-refractivity contribution in [1.29, 1.82) is 0 Å². The number of ether oxygens (including phenoxy) is 3. The SMILES string of the molecule is CCCCC(CC)COc1cc(C=O)sc1-c1cc2c(s1)-c1sc(-c3sc(C=O)cc3OCC(CC)CCCC)cc1C(C)(CC)O2. The van der Waals surface area contributed by atoms with Crippen LogP contribution in [-0.2, 0) is 5.60 Å². The normalized spacial score (nSPS) is 16.6. The molecule has 5 rings (SSSR count). The van der Waals surface area contributed by atoms with Crippen molar-refractivity contribution in [2.75, 3.05) is 13.2 Å². The van der Waals surface area contributed by atoms with Crippen molar-refractivity contribution >= 4 is 57.9 Å². The summed E-state index contributed by atoms with van der Waals surface area (Å²) < 4.78 is 19.7. The van der Waals surface area contributed by atoms with E-state index in [9.17, 15) is 9.59 Å². The third-order valence-corrected chi connectivity index (χ3v) is 14.2. The van der Waals surface area contributed by atoms with Gasteiger partial charge in [-0.1, -0.05) is 73.1 Å². The first kappa shape index (κ1) is 35.8. The molecule has 0 bridgehead atoms. The van der Waals surface area contributed by atoms with E-state index in [1.807, 2.05) is 12.1 Å². The molecule has 0 saturated carbocycles. The van der Waals surface area contributed by atoms with Gasteiger partial charge in [-0.15, -0.1) is 45.3 Å². The fourth-order valence-electron chi connectivity index (χ4n) is 6.02. The van der Waals surface area contributed by atoms with Crippen LogP contribution in [0.1, 0.15) is 124 Å². The van der Waals surface area contributed by atoms with Crippen LogP contribution in [0.4, 0.5) is 0 Å². The summed E-state index contributed by atoms with van der Waals surface area (Å²) in [5, 5.41) is 0. The van der Waals surface area contributed by atoms with E-state index < -0.39 is 5.60 Å². The lowest BCUT2D eigenvalue weighted by Gasteiger charge is -2.33. The molecule has 0 amide bonds. The van der Waals surface area contributed by atoms with E-state index in [0.717, 1.165) is 86.3 Å². The molecule has 0 aromatic carbocycles. The highest BCUT2D eigenvalue weighted by molar-refractivity contribution is 7.29. The van der Waals surface area contributed by atoms with Crippen LogP contribution in [0.15, 0.2) is 24.3 Å². The molecule has 0 spiro atoms. The van der Waals surface area contributed by atoms with E-state index in [1.165, 1.54) is 58.8 Å². The molecule has 0 saturated heterocycles. The Kier molecular flexibility index (Phi) is 12.4. The molecule has 0 fully saturated rings. The van der Waals surface area contributed by atoms with Gasteiger partial charge in [-0.25, -0.2) is 0 Å². The number of carbonyl (C=O) groups is 2. The molecule has 0 aliphatic carbocycles. The third-order valence-electron chi connectivity index (χ3n) is 9.37. The molecule has 1 aliphatic heterocycles. The van der Waals surface area contributed by atoms with Gasteiger partial charge in [-0.3, -0.25) is 9.59 Å². The second-order valence-electron chi connectivity index (χ2n) is 12.7. The second-order valence-corrected chi connectivity index (χ2v) is 17.0. The number of aldehydes is 2. The first-order valence-electron chi connectivity index (χ1n) is 17.2. The second kappa shape index (κ2) is 16.3. The highest BCUT2D eigenvalue weighted by atomic mass is 32.1. The predicted octanol–water partition coefficient (Wildman–Crippen LogP) is 12.8. The van der Waals surface area contributed by atoms with Gasteiger partial charge in [0.15, 0.2) is 12.6 Å². The Morgan fingerprint density at radius 1 is 0.702 bits per heavy atom. The minimum atomic E-state index is -0.495. The van der Waals surface area contributed by atoms with Gasteiger partial charge in [0.1, 0.15) is 22.8 Å². The lowest BCUT2D eigenvalue weighted by molar-refractivity contribution is 0.0812. The third kappa shape index (κ3) is 7.90. The van der Waals surface area contributed by atoms with Gasteiger partial charge in [-0.05, 0) is 44.1 Å². The molecule has 5 heterocycles. The summed E-state index contributed by atoms with van der Waals surface area (Å²) >= 11 is 6.42. The molecule has 4 aromatic heterocycles. The zero-order valence-electron chi connectivity index (χ0n) is 28.6. The summed E-state index contributed by atoms with van der Waals surface area (Å²) in [5.74, 6) is 3.44. The zero-order chi connectivity index (χ0) is 33.6. The van der Waals surface area contributed by atoms with Crippen molar-refractivity contribution in [1.82, 2.24) is 0 Å². The van der Waals surface area contributed by atoms with Crippen LogP contribution in [0.5, 0.6) is 17.2 Å². The Hall–Kier alpha value is -2.46. The number of unbranched alkanes of at least 4 members (excludes halogenated alkanes) is 2. The van der Waals surface area contributed by atoms with Crippen molar-refractivity contribution in [2.45, 2.75) is 105 Å². The first-order valence-corrected chi connectivity index (χ1v) is 20.5. The minimum Gasteiger partial charge on any atom is -0.492 e. The first-order chi connectivity index (χ1) is 22.8. The van der Waals surface area contributed by atoms with E-state index in [2.05, 4.69) is 53.7 Å². The minimum absolute atomic E-state index is 0.495. The Labute approximate surface area is 296 Å². The highest BCUT2D eigenvalue weighted by Crippen LogP contribution is 2.58. The monoisotopic (exact) mass is 712 g/mol. The van der Waals surface area contributed by atoms with E-state index in [-0.39, 0.29) is 0 Å². The Morgan fingerprint density at radius 3 is 1.68 bits per heavy atom. The molecule has 4 aromatic rings. The number of hydrogen-bond acceptors (Lipinski definition) is 9. The number of thiophene rings is 4. The number of fused-ring (bicyclic) bond motifs is 3. The van der Waals surface area contributed by atoms with Crippen molar-refractivity contribution in [3.8, 4) is 46.5 Å². The van der Waals surface area contributed by atoms with Gasteiger partial charge in [0.25, 0.3) is 0 Å². The van der Waals surface area contributed by atoms with Crippen molar-refractivity contribution in [3.63, 3.8) is 0 Å². The topological polar surface area (TPSA) is 61.8 Å². The Balaban J connectivity index is 1.49. The summed E-state index contributed by atoms with van der Waals surface area (Å²) in [7, 11) is 0. The predicted molar refractivity (Wildman–Crippen MR) is 201 cm³/mol. The standard InChI is InChI=1S/C38H48O5S4/c1-7-12-14-24(9-3)22-41-29-16-26(20-39)44-35(29)32-18-28-34(46-32)37-31(43-38(28,6)11-5)19-33(47-37)36-30(17-27(21-40)45-36)42-23-25(10-4)15-13-8-2/h16-21,24-25H,7-15,22-23H2,1-6H3. The van der Waals surface area contributed by atoms with Crippen LogP contribution in [0.25, 0.3) is 29.3 Å². The zero-order valence-corrected chi connectivity index (χ0v) is 31.8. The largest absolute Gasteiger partial charge is 0.492 e. The molecule has 3 atom stereocenters. The molecular formula is C38H48O5S4. The molecule has 5 nitrogen and oxygen atoms in total. The van der Waals surface area contributed by atoms with Crippen molar-refractivity contribution in [3.05, 3.63) is 39.6 Å². The summed E-state index contributed by atoms with van der Waals surface area (Å²) in [6.07, 6.45) is 11.8. The average molecular weight is 713 g/mol. The van der Waals surface area contributed by atoms with Crippen LogP contribution in [0, 0.1) is 11.8 Å². The van der Waals surface area contributed by atoms with Crippen LogP contribution in [0.3, 0.4) is 0 Å². The highest BCUT2D eigenvalue weighted by Gasteiger charge is 2.39.